The first-order valence-electron chi connectivity index (χ1n) is 9.78. The summed E-state index contributed by atoms with van der Waals surface area (Å²) in [7, 11) is 0. The highest BCUT2D eigenvalue weighted by Gasteiger charge is 2.31. The molecule has 160 valence electrons. The first-order chi connectivity index (χ1) is 14.8. The molecule has 0 spiro atoms. The van der Waals surface area contributed by atoms with Crippen LogP contribution < -0.4 is 5.32 Å². The van der Waals surface area contributed by atoms with Crippen molar-refractivity contribution in [2.75, 3.05) is 11.9 Å². The van der Waals surface area contributed by atoms with Crippen LogP contribution >= 0.6 is 0 Å². The Morgan fingerprint density at radius 3 is 2.48 bits per heavy atom. The minimum atomic E-state index is -4.38. The number of anilines is 1. The zero-order valence-electron chi connectivity index (χ0n) is 16.7. The highest BCUT2D eigenvalue weighted by molar-refractivity contribution is 5.84. The molecule has 1 aromatic carbocycles. The van der Waals surface area contributed by atoms with Gasteiger partial charge in [-0.25, -0.2) is 9.97 Å². The van der Waals surface area contributed by atoms with Gasteiger partial charge < -0.3 is 10.2 Å². The van der Waals surface area contributed by atoms with E-state index in [1.54, 1.807) is 36.4 Å². The third-order valence-corrected chi connectivity index (χ3v) is 5.24. The molecule has 31 heavy (non-hydrogen) atoms. The van der Waals surface area contributed by atoms with Crippen LogP contribution in [0, 0.1) is 0 Å². The van der Waals surface area contributed by atoms with Gasteiger partial charge in [-0.05, 0) is 37.6 Å². The fourth-order valence-corrected chi connectivity index (χ4v) is 3.64. The van der Waals surface area contributed by atoms with Crippen molar-refractivity contribution in [3.05, 3.63) is 71.9 Å². The van der Waals surface area contributed by atoms with Crippen LogP contribution in [0.1, 0.15) is 23.7 Å². The van der Waals surface area contributed by atoms with Crippen LogP contribution in [0.3, 0.4) is 0 Å². The molecule has 3 heterocycles. The number of aromatic nitrogens is 3. The number of pyridine rings is 1. The summed E-state index contributed by atoms with van der Waals surface area (Å²) < 4.78 is 38.5. The van der Waals surface area contributed by atoms with Crippen molar-refractivity contribution in [3.63, 3.8) is 0 Å². The van der Waals surface area contributed by atoms with E-state index in [4.69, 9.17) is 0 Å². The number of nitrogens with zero attached hydrogens (tertiary/aromatic N) is 4. The molecule has 0 unspecified atom stereocenters. The van der Waals surface area contributed by atoms with Crippen LogP contribution in [0.25, 0.3) is 11.3 Å². The summed E-state index contributed by atoms with van der Waals surface area (Å²) in [5, 5.41) is 3.16. The Bertz CT molecular complexity index is 1070. The summed E-state index contributed by atoms with van der Waals surface area (Å²) in [6.07, 6.45) is 0.830. The van der Waals surface area contributed by atoms with Crippen LogP contribution in [0.4, 0.5) is 18.9 Å². The van der Waals surface area contributed by atoms with Crippen LogP contribution in [0.5, 0.6) is 0 Å². The van der Waals surface area contributed by atoms with Gasteiger partial charge in [0.2, 0.25) is 5.91 Å². The Labute approximate surface area is 177 Å². The third-order valence-electron chi connectivity index (χ3n) is 5.24. The van der Waals surface area contributed by atoms with E-state index in [1.165, 1.54) is 18.5 Å². The van der Waals surface area contributed by atoms with E-state index in [2.05, 4.69) is 20.3 Å². The number of carbonyl (C=O) groups is 1. The fraction of sp³-hybridized carbons (Fsp3) is 0.273. The van der Waals surface area contributed by atoms with Gasteiger partial charge in [0.15, 0.2) is 0 Å². The first-order valence-corrected chi connectivity index (χ1v) is 9.78. The predicted octanol–water partition coefficient (Wildman–Crippen LogP) is 3.94. The second-order valence-corrected chi connectivity index (χ2v) is 7.33. The minimum Gasteiger partial charge on any atom is -0.374 e. The van der Waals surface area contributed by atoms with E-state index in [9.17, 15) is 18.0 Å². The zero-order chi connectivity index (χ0) is 22.0. The van der Waals surface area contributed by atoms with Gasteiger partial charge in [-0.2, -0.15) is 13.2 Å². The van der Waals surface area contributed by atoms with E-state index in [1.807, 2.05) is 0 Å². The van der Waals surface area contributed by atoms with Crippen LogP contribution in [0.2, 0.25) is 0 Å². The van der Waals surface area contributed by atoms with E-state index >= 15 is 0 Å². The molecule has 1 atom stereocenters. The van der Waals surface area contributed by atoms with Gasteiger partial charge in [-0.15, -0.1) is 0 Å². The van der Waals surface area contributed by atoms with Gasteiger partial charge in [-0.3, -0.25) is 9.78 Å². The van der Waals surface area contributed by atoms with Gasteiger partial charge >= 0.3 is 6.18 Å². The number of fused-ring (bicyclic) bond motifs is 1. The van der Waals surface area contributed by atoms with Crippen molar-refractivity contribution in [1.29, 1.82) is 0 Å². The number of carbonyl (C=O) groups excluding carboxylic acids is 1. The van der Waals surface area contributed by atoms with E-state index < -0.39 is 17.8 Å². The molecule has 0 aliphatic carbocycles. The van der Waals surface area contributed by atoms with Crippen LogP contribution in [-0.2, 0) is 23.9 Å². The maximum absolute atomic E-state index is 12.9. The lowest BCUT2D eigenvalue weighted by molar-refractivity contribution is -0.137. The summed E-state index contributed by atoms with van der Waals surface area (Å²) in [4.78, 5) is 27.2. The van der Waals surface area contributed by atoms with E-state index in [-0.39, 0.29) is 5.91 Å². The Morgan fingerprint density at radius 2 is 1.81 bits per heavy atom. The van der Waals surface area contributed by atoms with Crippen molar-refractivity contribution in [3.8, 4) is 11.3 Å². The Balaban J connectivity index is 1.51. The lowest BCUT2D eigenvalue weighted by Gasteiger charge is -2.31. The Morgan fingerprint density at radius 1 is 1.10 bits per heavy atom. The summed E-state index contributed by atoms with van der Waals surface area (Å²) >= 11 is 0. The van der Waals surface area contributed by atoms with Crippen molar-refractivity contribution in [1.82, 2.24) is 19.9 Å². The average Bonchev–Trinajstić information content (AvgIpc) is 2.78. The van der Waals surface area contributed by atoms with Gasteiger partial charge in [-0.1, -0.05) is 12.1 Å². The number of hydrogen-bond acceptors (Lipinski definition) is 5. The summed E-state index contributed by atoms with van der Waals surface area (Å²) in [5.41, 5.74) is 2.88. The lowest BCUT2D eigenvalue weighted by atomic mass is 9.97. The number of benzene rings is 1. The van der Waals surface area contributed by atoms with Crippen LogP contribution in [0.15, 0.2) is 55.1 Å². The van der Waals surface area contributed by atoms with Crippen molar-refractivity contribution in [2.24, 2.45) is 0 Å². The van der Waals surface area contributed by atoms with E-state index in [0.29, 0.717) is 36.5 Å². The maximum atomic E-state index is 12.9. The topological polar surface area (TPSA) is 71.0 Å². The van der Waals surface area contributed by atoms with Crippen molar-refractivity contribution < 1.29 is 18.0 Å². The normalized spacial score (nSPS) is 14.6. The molecule has 6 nitrogen and oxygen atoms in total. The van der Waals surface area contributed by atoms with E-state index in [0.717, 1.165) is 23.4 Å². The third kappa shape index (κ3) is 4.50. The molecule has 0 radical (unpaired) electrons. The number of rotatable bonds is 4. The summed E-state index contributed by atoms with van der Waals surface area (Å²) in [5.74, 6) is -0.0582. The monoisotopic (exact) mass is 427 g/mol. The smallest absolute Gasteiger partial charge is 0.374 e. The highest BCUT2D eigenvalue weighted by Crippen LogP contribution is 2.32. The molecular weight excluding hydrogens is 407 g/mol. The highest BCUT2D eigenvalue weighted by atomic mass is 19.4. The zero-order valence-corrected chi connectivity index (χ0v) is 16.7. The second kappa shape index (κ2) is 8.33. The summed E-state index contributed by atoms with van der Waals surface area (Å²) in [6, 6.07) is 8.09. The average molecular weight is 427 g/mol. The number of alkyl halides is 3. The molecule has 0 saturated carbocycles. The standard InChI is InChI=1S/C22H20F3N5O/c1-14(29-17-6-9-26-10-7-17)21(31)30-11-8-18-19(12-30)27-13-28-20(18)15-2-4-16(5-3-15)22(23,24)25/h2-7,9-10,13-14H,8,11-12H2,1H3,(H,26,29)/t14-/m0/s1. The first kappa shape index (κ1) is 20.8. The molecule has 9 heteroatoms. The summed E-state index contributed by atoms with van der Waals surface area (Å²) in [6.45, 7) is 2.60. The lowest BCUT2D eigenvalue weighted by Crippen LogP contribution is -2.44. The number of nitrogens with one attached hydrogen (secondary N) is 1. The van der Waals surface area contributed by atoms with Gasteiger partial charge in [0.1, 0.15) is 12.4 Å². The molecule has 1 aliphatic heterocycles. The number of hydrogen-bond donors (Lipinski definition) is 1. The molecule has 1 amide bonds. The van der Waals surface area contributed by atoms with Gasteiger partial charge in [0, 0.05) is 35.8 Å². The SMILES string of the molecule is C[C@H](Nc1ccncc1)C(=O)N1CCc2c(ncnc2-c2ccc(C(F)(F)F)cc2)C1. The van der Waals surface area contributed by atoms with Crippen molar-refractivity contribution >= 4 is 11.6 Å². The molecule has 0 saturated heterocycles. The molecular formula is C22H20F3N5O. The quantitative estimate of drug-likeness (QED) is 0.683. The number of amides is 1. The van der Waals surface area contributed by atoms with Gasteiger partial charge in [0.25, 0.3) is 0 Å². The fourth-order valence-electron chi connectivity index (χ4n) is 3.64. The van der Waals surface area contributed by atoms with Crippen molar-refractivity contribution in [2.45, 2.75) is 32.1 Å². The molecule has 0 fully saturated rings. The second-order valence-electron chi connectivity index (χ2n) is 7.33. The predicted molar refractivity (Wildman–Crippen MR) is 109 cm³/mol. The molecule has 0 bridgehead atoms. The number of halogens is 3. The molecule has 2 aromatic heterocycles. The van der Waals surface area contributed by atoms with Crippen LogP contribution in [-0.4, -0.2) is 38.3 Å². The Hall–Kier alpha value is -3.49. The molecule has 1 N–H and O–H groups in total. The molecule has 4 rings (SSSR count). The minimum absolute atomic E-state index is 0.0582. The molecule has 1 aliphatic rings. The largest absolute Gasteiger partial charge is 0.416 e. The molecule has 3 aromatic rings. The maximum Gasteiger partial charge on any atom is 0.416 e. The Kier molecular flexibility index (Phi) is 5.58. The van der Waals surface area contributed by atoms with Gasteiger partial charge in [0.05, 0.1) is 23.5 Å².